The van der Waals surface area contributed by atoms with E-state index in [4.69, 9.17) is 0 Å². The summed E-state index contributed by atoms with van der Waals surface area (Å²) in [6.07, 6.45) is 0. The average Bonchev–Trinajstić information content (AvgIpc) is 3.05. The predicted octanol–water partition coefficient (Wildman–Crippen LogP) is 11.4. The molecular formula is C40H30BrNS. The first-order chi connectivity index (χ1) is 21.0. The van der Waals surface area contributed by atoms with Gasteiger partial charge in [0.2, 0.25) is 0 Å². The Balaban J connectivity index is 1.47. The van der Waals surface area contributed by atoms with Gasteiger partial charge in [-0.3, -0.25) is 0 Å². The summed E-state index contributed by atoms with van der Waals surface area (Å²) in [4.78, 5) is 5.04. The summed E-state index contributed by atoms with van der Waals surface area (Å²) in [5, 5.41) is 0. The van der Waals surface area contributed by atoms with Crippen molar-refractivity contribution in [1.29, 1.82) is 0 Å². The topological polar surface area (TPSA) is 3.24 Å². The lowest BCUT2D eigenvalue weighted by atomic mass is 9.63. The van der Waals surface area contributed by atoms with Crippen molar-refractivity contribution in [3.8, 4) is 0 Å². The fourth-order valence-corrected chi connectivity index (χ4v) is 8.73. The maximum Gasteiger partial charge on any atom is 0.0723 e. The van der Waals surface area contributed by atoms with Gasteiger partial charge in [0, 0.05) is 25.4 Å². The third kappa shape index (κ3) is 3.91. The Hall–Kier alpha value is -4.05. The molecule has 0 atom stereocenters. The van der Waals surface area contributed by atoms with Crippen molar-refractivity contribution < 1.29 is 0 Å². The van der Waals surface area contributed by atoms with Gasteiger partial charge in [0.1, 0.15) is 0 Å². The number of fused-ring (bicyclic) bond motifs is 4. The number of benzene rings is 6. The first-order valence-corrected chi connectivity index (χ1v) is 16.3. The van der Waals surface area contributed by atoms with Crippen molar-refractivity contribution in [1.82, 2.24) is 0 Å². The second kappa shape index (κ2) is 10.0. The van der Waals surface area contributed by atoms with Crippen LogP contribution in [0.15, 0.2) is 160 Å². The zero-order valence-electron chi connectivity index (χ0n) is 24.1. The number of para-hydroxylation sites is 2. The molecule has 43 heavy (non-hydrogen) atoms. The lowest BCUT2D eigenvalue weighted by Crippen LogP contribution is -2.36. The van der Waals surface area contributed by atoms with Crippen LogP contribution in [0.3, 0.4) is 0 Å². The molecule has 8 rings (SSSR count). The number of rotatable bonds is 3. The van der Waals surface area contributed by atoms with Crippen molar-refractivity contribution >= 4 is 44.8 Å². The minimum atomic E-state index is -0.473. The summed E-state index contributed by atoms with van der Waals surface area (Å²) < 4.78 is 1.08. The molecule has 2 aliphatic heterocycles. The van der Waals surface area contributed by atoms with Crippen molar-refractivity contribution in [2.45, 2.75) is 34.5 Å². The summed E-state index contributed by atoms with van der Waals surface area (Å²) in [6.45, 7) is 4.75. The van der Waals surface area contributed by atoms with E-state index < -0.39 is 5.41 Å². The minimum Gasteiger partial charge on any atom is -0.310 e. The summed E-state index contributed by atoms with van der Waals surface area (Å²) in [6, 6.07) is 53.8. The van der Waals surface area contributed by atoms with E-state index in [9.17, 15) is 0 Å². The number of nitrogens with zero attached hydrogens (tertiary/aromatic N) is 1. The van der Waals surface area contributed by atoms with Crippen LogP contribution in [0.2, 0.25) is 0 Å². The summed E-state index contributed by atoms with van der Waals surface area (Å²) in [7, 11) is 0. The monoisotopic (exact) mass is 635 g/mol. The second-order valence-corrected chi connectivity index (χ2v) is 13.9. The molecule has 0 unspecified atom stereocenters. The van der Waals surface area contributed by atoms with E-state index >= 15 is 0 Å². The average molecular weight is 637 g/mol. The molecule has 6 aromatic carbocycles. The van der Waals surface area contributed by atoms with E-state index in [1.165, 1.54) is 60.2 Å². The Labute approximate surface area is 266 Å². The van der Waals surface area contributed by atoms with E-state index in [1.807, 2.05) is 11.8 Å². The Morgan fingerprint density at radius 2 is 1.05 bits per heavy atom. The lowest BCUT2D eigenvalue weighted by molar-refractivity contribution is 0.625. The van der Waals surface area contributed by atoms with Gasteiger partial charge in [-0.1, -0.05) is 139 Å². The maximum atomic E-state index is 3.71. The molecule has 0 aromatic heterocycles. The molecule has 0 radical (unpaired) electrons. The molecule has 2 heterocycles. The van der Waals surface area contributed by atoms with Crippen LogP contribution in [0.25, 0.3) is 0 Å². The van der Waals surface area contributed by atoms with Crippen molar-refractivity contribution in [2.75, 3.05) is 4.90 Å². The first-order valence-electron chi connectivity index (χ1n) is 14.7. The second-order valence-electron chi connectivity index (χ2n) is 11.9. The molecule has 0 amide bonds. The fourth-order valence-electron chi connectivity index (χ4n) is 7.28. The van der Waals surface area contributed by atoms with Gasteiger partial charge in [-0.05, 0) is 81.9 Å². The Morgan fingerprint density at radius 3 is 1.72 bits per heavy atom. The molecule has 2 aliphatic rings. The number of halogens is 1. The molecule has 1 nitrogen and oxygen atoms in total. The number of hydrogen-bond donors (Lipinski definition) is 0. The number of hydrogen-bond acceptors (Lipinski definition) is 2. The van der Waals surface area contributed by atoms with Crippen LogP contribution in [-0.4, -0.2) is 0 Å². The molecule has 0 spiro atoms. The SMILES string of the molecule is CC1(C)c2ccccc2N(c2ccccc2)c2ccc(C3(c4ccc(Br)cc4)c4ccccc4Sc4ccccc43)cc21. The van der Waals surface area contributed by atoms with Crippen molar-refractivity contribution in [3.05, 3.63) is 183 Å². The van der Waals surface area contributed by atoms with Crippen molar-refractivity contribution in [2.24, 2.45) is 0 Å². The van der Waals surface area contributed by atoms with Crippen LogP contribution in [0, 0.1) is 0 Å². The molecular weight excluding hydrogens is 606 g/mol. The van der Waals surface area contributed by atoms with E-state index in [0.29, 0.717) is 0 Å². The molecule has 0 saturated heterocycles. The van der Waals surface area contributed by atoms with Crippen LogP contribution in [0.5, 0.6) is 0 Å². The third-order valence-corrected chi connectivity index (χ3v) is 10.9. The zero-order valence-corrected chi connectivity index (χ0v) is 26.5. The zero-order chi connectivity index (χ0) is 29.2. The van der Waals surface area contributed by atoms with Crippen LogP contribution in [-0.2, 0) is 10.8 Å². The third-order valence-electron chi connectivity index (χ3n) is 9.26. The van der Waals surface area contributed by atoms with Gasteiger partial charge in [-0.2, -0.15) is 0 Å². The van der Waals surface area contributed by atoms with Gasteiger partial charge in [-0.15, -0.1) is 0 Å². The Morgan fingerprint density at radius 1 is 0.512 bits per heavy atom. The molecule has 6 aromatic rings. The maximum absolute atomic E-state index is 3.71. The Bertz CT molecular complexity index is 1950. The number of anilines is 3. The van der Waals surface area contributed by atoms with E-state index in [0.717, 1.165) is 4.47 Å². The molecule has 0 aliphatic carbocycles. The van der Waals surface area contributed by atoms with Gasteiger partial charge in [0.25, 0.3) is 0 Å². The molecule has 0 bridgehead atoms. The smallest absolute Gasteiger partial charge is 0.0723 e. The van der Waals surface area contributed by atoms with E-state index in [2.05, 4.69) is 180 Å². The van der Waals surface area contributed by atoms with E-state index in [1.54, 1.807) is 0 Å². The molecule has 0 saturated carbocycles. The van der Waals surface area contributed by atoms with Gasteiger partial charge in [0.15, 0.2) is 0 Å². The first kappa shape index (κ1) is 26.6. The standard InChI is InChI=1S/C40H30BrNS/c1-39(2)31-14-6-9-17-35(31)42(30-12-4-3-5-13-30)36-25-22-28(26-34(36)39)40(27-20-23-29(41)24-21-27)32-15-7-10-18-37(32)43-38-19-11-8-16-33(38)40/h3-26H,1-2H3. The van der Waals surface area contributed by atoms with E-state index in [-0.39, 0.29) is 5.41 Å². The van der Waals surface area contributed by atoms with Gasteiger partial charge in [-0.25, -0.2) is 0 Å². The predicted molar refractivity (Wildman–Crippen MR) is 183 cm³/mol. The molecule has 3 heteroatoms. The van der Waals surface area contributed by atoms with Gasteiger partial charge >= 0.3 is 0 Å². The minimum absolute atomic E-state index is 0.198. The van der Waals surface area contributed by atoms with Crippen molar-refractivity contribution in [3.63, 3.8) is 0 Å². The molecule has 0 fully saturated rings. The Kier molecular flexibility index (Phi) is 6.18. The summed E-state index contributed by atoms with van der Waals surface area (Å²) >= 11 is 5.58. The highest BCUT2D eigenvalue weighted by Gasteiger charge is 2.46. The highest BCUT2D eigenvalue weighted by atomic mass is 79.9. The molecule has 0 N–H and O–H groups in total. The van der Waals surface area contributed by atoms with Crippen LogP contribution < -0.4 is 4.90 Å². The summed E-state index contributed by atoms with van der Waals surface area (Å²) in [5.41, 5.74) is 10.9. The molecule has 208 valence electrons. The highest BCUT2D eigenvalue weighted by Crippen LogP contribution is 2.58. The summed E-state index contributed by atoms with van der Waals surface area (Å²) in [5.74, 6) is 0. The highest BCUT2D eigenvalue weighted by molar-refractivity contribution is 9.10. The fraction of sp³-hybridized carbons (Fsp3) is 0.100. The van der Waals surface area contributed by atoms with Crippen LogP contribution >= 0.6 is 27.7 Å². The van der Waals surface area contributed by atoms with Gasteiger partial charge < -0.3 is 4.90 Å². The van der Waals surface area contributed by atoms with Crippen LogP contribution in [0.4, 0.5) is 17.1 Å². The largest absolute Gasteiger partial charge is 0.310 e. The van der Waals surface area contributed by atoms with Crippen LogP contribution in [0.1, 0.15) is 47.2 Å². The van der Waals surface area contributed by atoms with Gasteiger partial charge in [0.05, 0.1) is 16.8 Å². The normalized spacial score (nSPS) is 15.6. The quantitative estimate of drug-likeness (QED) is 0.190. The lowest BCUT2D eigenvalue weighted by Gasteiger charge is -2.45.